The van der Waals surface area contributed by atoms with Crippen molar-refractivity contribution in [2.24, 2.45) is 11.7 Å². The van der Waals surface area contributed by atoms with E-state index in [0.717, 1.165) is 19.3 Å². The Morgan fingerprint density at radius 1 is 1.44 bits per heavy atom. The van der Waals surface area contributed by atoms with Crippen molar-refractivity contribution in [3.05, 3.63) is 24.5 Å². The molecular formula is C17H28N4O3S. The summed E-state index contributed by atoms with van der Waals surface area (Å²) in [6.07, 6.45) is 6.93. The van der Waals surface area contributed by atoms with Gasteiger partial charge in [-0.25, -0.2) is 8.42 Å². The minimum absolute atomic E-state index is 0.00426. The third-order valence-electron chi connectivity index (χ3n) is 4.63. The first-order valence-corrected chi connectivity index (χ1v) is 10.3. The molecule has 3 N–H and O–H groups in total. The zero-order valence-corrected chi connectivity index (χ0v) is 15.5. The van der Waals surface area contributed by atoms with Gasteiger partial charge in [0.15, 0.2) is 0 Å². The van der Waals surface area contributed by atoms with E-state index in [-0.39, 0.29) is 22.8 Å². The lowest BCUT2D eigenvalue weighted by Crippen LogP contribution is -2.47. The van der Waals surface area contributed by atoms with E-state index in [0.29, 0.717) is 32.5 Å². The number of amides is 1. The van der Waals surface area contributed by atoms with E-state index in [9.17, 15) is 13.2 Å². The molecule has 0 saturated carbocycles. The van der Waals surface area contributed by atoms with Crippen LogP contribution in [-0.4, -0.2) is 49.3 Å². The average Bonchev–Trinajstić information content (AvgIpc) is 2.65. The largest absolute Gasteiger partial charge is 0.352 e. The van der Waals surface area contributed by atoms with E-state index in [2.05, 4.69) is 17.2 Å². The number of nitrogens with zero attached hydrogens (tertiary/aromatic N) is 2. The Morgan fingerprint density at radius 2 is 2.16 bits per heavy atom. The van der Waals surface area contributed by atoms with Gasteiger partial charge in [-0.05, 0) is 31.4 Å². The summed E-state index contributed by atoms with van der Waals surface area (Å²) < 4.78 is 26.6. The standard InChI is InChI=1S/C17H28N4O3S/c1-2-3-5-15(12-18)20-17(22)14-7-10-21(11-8-14)25(23,24)16-6-4-9-19-13-16/h4,6,9,13-15H,2-3,5,7-8,10-12,18H2,1H3,(H,20,22). The van der Waals surface area contributed by atoms with E-state index < -0.39 is 10.0 Å². The number of aromatic nitrogens is 1. The van der Waals surface area contributed by atoms with Crippen molar-refractivity contribution in [3.8, 4) is 0 Å². The van der Waals surface area contributed by atoms with E-state index in [1.807, 2.05) is 0 Å². The maximum atomic E-state index is 12.6. The molecule has 1 unspecified atom stereocenters. The fourth-order valence-corrected chi connectivity index (χ4v) is 4.46. The van der Waals surface area contributed by atoms with Crippen LogP contribution in [0.4, 0.5) is 0 Å². The van der Waals surface area contributed by atoms with E-state index in [1.54, 1.807) is 18.3 Å². The Bertz CT molecular complexity index is 643. The summed E-state index contributed by atoms with van der Waals surface area (Å²) in [4.78, 5) is 16.5. The van der Waals surface area contributed by atoms with E-state index >= 15 is 0 Å². The first-order chi connectivity index (χ1) is 12.0. The molecule has 25 heavy (non-hydrogen) atoms. The Balaban J connectivity index is 1.89. The summed E-state index contributed by atoms with van der Waals surface area (Å²) in [5.41, 5.74) is 5.73. The molecule has 8 heteroatoms. The highest BCUT2D eigenvalue weighted by Gasteiger charge is 2.32. The molecule has 1 atom stereocenters. The minimum Gasteiger partial charge on any atom is -0.352 e. The molecule has 1 amide bonds. The Morgan fingerprint density at radius 3 is 2.72 bits per heavy atom. The summed E-state index contributed by atoms with van der Waals surface area (Å²) in [5.74, 6) is -0.166. The van der Waals surface area contributed by atoms with Crippen LogP contribution in [0.2, 0.25) is 0 Å². The molecule has 1 aliphatic rings. The van der Waals surface area contributed by atoms with Crippen molar-refractivity contribution in [2.45, 2.75) is 50.0 Å². The van der Waals surface area contributed by atoms with Gasteiger partial charge >= 0.3 is 0 Å². The maximum absolute atomic E-state index is 12.6. The Kier molecular flexibility index (Phi) is 7.34. The van der Waals surface area contributed by atoms with Gasteiger partial charge in [0.05, 0.1) is 0 Å². The third-order valence-corrected chi connectivity index (χ3v) is 6.52. The lowest BCUT2D eigenvalue weighted by atomic mass is 9.96. The molecule has 1 aromatic heterocycles. The molecule has 0 bridgehead atoms. The normalized spacial score (nSPS) is 18.0. The molecule has 2 heterocycles. The number of pyridine rings is 1. The van der Waals surface area contributed by atoms with Gasteiger partial charge < -0.3 is 11.1 Å². The van der Waals surface area contributed by atoms with Gasteiger partial charge in [0.2, 0.25) is 15.9 Å². The lowest BCUT2D eigenvalue weighted by Gasteiger charge is -2.31. The minimum atomic E-state index is -3.53. The van der Waals surface area contributed by atoms with Crippen LogP contribution in [-0.2, 0) is 14.8 Å². The van der Waals surface area contributed by atoms with Crippen LogP contribution in [0.3, 0.4) is 0 Å². The van der Waals surface area contributed by atoms with Gasteiger partial charge in [0.1, 0.15) is 4.90 Å². The van der Waals surface area contributed by atoms with Gasteiger partial charge in [-0.3, -0.25) is 9.78 Å². The summed E-state index contributed by atoms with van der Waals surface area (Å²) in [6.45, 7) is 3.23. The molecule has 0 spiro atoms. The summed E-state index contributed by atoms with van der Waals surface area (Å²) in [7, 11) is -3.53. The predicted octanol–water partition coefficient (Wildman–Crippen LogP) is 1.12. The zero-order chi connectivity index (χ0) is 18.3. The molecule has 0 radical (unpaired) electrons. The number of hydrogen-bond donors (Lipinski definition) is 2. The van der Waals surface area contributed by atoms with Gasteiger partial charge in [-0.15, -0.1) is 0 Å². The molecule has 1 saturated heterocycles. The van der Waals surface area contributed by atoms with Crippen LogP contribution < -0.4 is 11.1 Å². The smallest absolute Gasteiger partial charge is 0.244 e. The topological polar surface area (TPSA) is 105 Å². The third kappa shape index (κ3) is 5.23. The molecule has 1 aromatic rings. The number of sulfonamides is 1. The number of nitrogens with one attached hydrogen (secondary N) is 1. The zero-order valence-electron chi connectivity index (χ0n) is 14.7. The van der Waals surface area contributed by atoms with Crippen molar-refractivity contribution < 1.29 is 13.2 Å². The number of unbranched alkanes of at least 4 members (excludes halogenated alkanes) is 1. The van der Waals surface area contributed by atoms with Crippen LogP contribution >= 0.6 is 0 Å². The van der Waals surface area contributed by atoms with Crippen LogP contribution in [0.25, 0.3) is 0 Å². The van der Waals surface area contributed by atoms with Gasteiger partial charge in [0.25, 0.3) is 0 Å². The highest BCUT2D eigenvalue weighted by atomic mass is 32.2. The molecule has 0 aliphatic carbocycles. The van der Waals surface area contributed by atoms with Crippen molar-refractivity contribution in [3.63, 3.8) is 0 Å². The number of carbonyl (C=O) groups is 1. The van der Waals surface area contributed by atoms with E-state index in [4.69, 9.17) is 5.73 Å². The molecule has 1 aliphatic heterocycles. The first kappa shape index (κ1) is 19.8. The average molecular weight is 369 g/mol. The monoisotopic (exact) mass is 368 g/mol. The maximum Gasteiger partial charge on any atom is 0.244 e. The molecule has 7 nitrogen and oxygen atoms in total. The number of piperidine rings is 1. The van der Waals surface area contributed by atoms with Crippen LogP contribution in [0, 0.1) is 5.92 Å². The Hall–Kier alpha value is -1.51. The van der Waals surface area contributed by atoms with Crippen molar-refractivity contribution in [2.75, 3.05) is 19.6 Å². The number of nitrogens with two attached hydrogens (primary N) is 1. The fraction of sp³-hybridized carbons (Fsp3) is 0.647. The molecule has 0 aromatic carbocycles. The highest BCUT2D eigenvalue weighted by molar-refractivity contribution is 7.89. The molecule has 2 rings (SSSR count). The number of hydrogen-bond acceptors (Lipinski definition) is 5. The van der Waals surface area contributed by atoms with Gasteiger partial charge in [0, 0.05) is 44.0 Å². The van der Waals surface area contributed by atoms with Crippen LogP contribution in [0.15, 0.2) is 29.4 Å². The quantitative estimate of drug-likeness (QED) is 0.715. The number of carbonyl (C=O) groups excluding carboxylic acids is 1. The van der Waals surface area contributed by atoms with Crippen molar-refractivity contribution >= 4 is 15.9 Å². The van der Waals surface area contributed by atoms with Crippen LogP contribution in [0.5, 0.6) is 0 Å². The summed E-state index contributed by atoms with van der Waals surface area (Å²) >= 11 is 0. The van der Waals surface area contributed by atoms with Crippen molar-refractivity contribution in [1.29, 1.82) is 0 Å². The van der Waals surface area contributed by atoms with Gasteiger partial charge in [-0.2, -0.15) is 4.31 Å². The lowest BCUT2D eigenvalue weighted by molar-refractivity contribution is -0.126. The molecule has 1 fully saturated rings. The Labute approximate surface area is 150 Å². The van der Waals surface area contributed by atoms with Crippen molar-refractivity contribution in [1.82, 2.24) is 14.6 Å². The second kappa shape index (κ2) is 9.26. The second-order valence-corrected chi connectivity index (χ2v) is 8.39. The first-order valence-electron chi connectivity index (χ1n) is 8.89. The molecule has 140 valence electrons. The van der Waals surface area contributed by atoms with Gasteiger partial charge in [-0.1, -0.05) is 19.8 Å². The number of rotatable bonds is 8. The highest BCUT2D eigenvalue weighted by Crippen LogP contribution is 2.23. The SMILES string of the molecule is CCCCC(CN)NC(=O)C1CCN(S(=O)(=O)c2cccnc2)CC1. The molecular weight excluding hydrogens is 340 g/mol. The summed E-state index contributed by atoms with van der Waals surface area (Å²) in [5, 5.41) is 3.01. The summed E-state index contributed by atoms with van der Waals surface area (Å²) in [6, 6.07) is 3.15. The second-order valence-electron chi connectivity index (χ2n) is 6.45. The van der Waals surface area contributed by atoms with Crippen LogP contribution in [0.1, 0.15) is 39.0 Å². The fourth-order valence-electron chi connectivity index (χ4n) is 3.03. The predicted molar refractivity (Wildman–Crippen MR) is 96.2 cm³/mol. The van der Waals surface area contributed by atoms with E-state index in [1.165, 1.54) is 10.5 Å².